The maximum absolute atomic E-state index is 10.8. The minimum Gasteiger partial charge on any atom is -0.478 e. The van der Waals surface area contributed by atoms with Gasteiger partial charge < -0.3 is 5.11 Å². The molecule has 2 aromatic carbocycles. The molecule has 0 saturated heterocycles. The summed E-state index contributed by atoms with van der Waals surface area (Å²) >= 11 is 5.49. The second kappa shape index (κ2) is 4.90. The summed E-state index contributed by atoms with van der Waals surface area (Å²) in [5, 5.41) is 10.7. The van der Waals surface area contributed by atoms with Gasteiger partial charge in [0.05, 0.1) is 11.4 Å². The number of fused-ring (bicyclic) bond motifs is 1. The van der Waals surface area contributed by atoms with Crippen molar-refractivity contribution in [1.29, 1.82) is 0 Å². The second-order valence-electron chi connectivity index (χ2n) is 3.52. The van der Waals surface area contributed by atoms with E-state index in [1.54, 1.807) is 18.2 Å². The van der Waals surface area contributed by atoms with Crippen molar-refractivity contribution in [2.75, 3.05) is 5.88 Å². The first-order valence-electron chi connectivity index (χ1n) is 5.02. The van der Waals surface area contributed by atoms with Crippen molar-refractivity contribution >= 4 is 28.3 Å². The number of halogens is 1. The van der Waals surface area contributed by atoms with Crippen LogP contribution in [-0.2, 0) is 0 Å². The van der Waals surface area contributed by atoms with Crippen LogP contribution in [0, 0.1) is 11.8 Å². The predicted molar refractivity (Wildman–Crippen MR) is 68.5 cm³/mol. The monoisotopic (exact) mass is 244 g/mol. The highest BCUT2D eigenvalue weighted by Crippen LogP contribution is 2.17. The summed E-state index contributed by atoms with van der Waals surface area (Å²) in [6.07, 6.45) is 0. The number of aromatic carboxylic acids is 1. The van der Waals surface area contributed by atoms with E-state index in [4.69, 9.17) is 16.7 Å². The van der Waals surface area contributed by atoms with E-state index in [1.807, 2.05) is 18.2 Å². The van der Waals surface area contributed by atoms with Crippen molar-refractivity contribution in [2.24, 2.45) is 0 Å². The van der Waals surface area contributed by atoms with Crippen LogP contribution in [0.3, 0.4) is 0 Å². The minimum absolute atomic E-state index is 0.289. The van der Waals surface area contributed by atoms with Crippen molar-refractivity contribution < 1.29 is 9.90 Å². The van der Waals surface area contributed by atoms with Crippen molar-refractivity contribution in [3.05, 3.63) is 47.5 Å². The number of alkyl halides is 1. The molecule has 2 rings (SSSR count). The van der Waals surface area contributed by atoms with E-state index in [0.717, 1.165) is 16.3 Å². The zero-order valence-electron chi connectivity index (χ0n) is 8.90. The number of hydrogen-bond acceptors (Lipinski definition) is 1. The van der Waals surface area contributed by atoms with Gasteiger partial charge in [0.1, 0.15) is 0 Å². The van der Waals surface area contributed by atoms with E-state index in [-0.39, 0.29) is 5.56 Å². The zero-order chi connectivity index (χ0) is 12.3. The lowest BCUT2D eigenvalue weighted by Gasteiger charge is -2.00. The lowest BCUT2D eigenvalue weighted by molar-refractivity contribution is 0.0697. The molecule has 3 heteroatoms. The Morgan fingerprint density at radius 3 is 2.59 bits per heavy atom. The Balaban J connectivity index is 2.50. The SMILES string of the molecule is O=C(O)c1ccc2cc(C#CCCl)ccc2c1. The molecule has 0 aliphatic carbocycles. The van der Waals surface area contributed by atoms with Gasteiger partial charge in [-0.1, -0.05) is 24.0 Å². The van der Waals surface area contributed by atoms with Crippen LogP contribution in [0.4, 0.5) is 0 Å². The Morgan fingerprint density at radius 2 is 1.88 bits per heavy atom. The van der Waals surface area contributed by atoms with Crippen molar-refractivity contribution in [3.63, 3.8) is 0 Å². The molecule has 0 aliphatic rings. The number of benzene rings is 2. The Kier molecular flexibility index (Phi) is 3.32. The molecular formula is C14H9ClO2. The first-order chi connectivity index (χ1) is 8.20. The number of carbonyl (C=O) groups is 1. The molecule has 1 N–H and O–H groups in total. The minimum atomic E-state index is -0.919. The molecule has 84 valence electrons. The van der Waals surface area contributed by atoms with E-state index in [1.165, 1.54) is 0 Å². The average Bonchev–Trinajstić information content (AvgIpc) is 2.35. The van der Waals surface area contributed by atoms with Crippen molar-refractivity contribution in [3.8, 4) is 11.8 Å². The fraction of sp³-hybridized carbons (Fsp3) is 0.0714. The third-order valence-electron chi connectivity index (χ3n) is 2.39. The molecule has 0 amide bonds. The normalized spacial score (nSPS) is 9.71. The van der Waals surface area contributed by atoms with Crippen LogP contribution in [-0.4, -0.2) is 17.0 Å². The fourth-order valence-electron chi connectivity index (χ4n) is 1.59. The molecule has 0 saturated carbocycles. The third-order valence-corrected chi connectivity index (χ3v) is 2.52. The molecule has 0 atom stereocenters. The molecule has 2 aromatic rings. The van der Waals surface area contributed by atoms with Gasteiger partial charge in [0.25, 0.3) is 0 Å². The van der Waals surface area contributed by atoms with Gasteiger partial charge in [-0.15, -0.1) is 11.6 Å². The maximum Gasteiger partial charge on any atom is 0.335 e. The van der Waals surface area contributed by atoms with Gasteiger partial charge in [-0.05, 0) is 35.0 Å². The lowest BCUT2D eigenvalue weighted by Crippen LogP contribution is -1.95. The molecule has 0 aliphatic heterocycles. The molecule has 17 heavy (non-hydrogen) atoms. The average molecular weight is 245 g/mol. The summed E-state index contributed by atoms with van der Waals surface area (Å²) in [5.74, 6) is 5.09. The lowest BCUT2D eigenvalue weighted by atomic mass is 10.0. The molecular weight excluding hydrogens is 236 g/mol. The maximum atomic E-state index is 10.8. The quantitative estimate of drug-likeness (QED) is 0.618. The van der Waals surface area contributed by atoms with Crippen molar-refractivity contribution in [2.45, 2.75) is 0 Å². The van der Waals surface area contributed by atoms with E-state index in [2.05, 4.69) is 11.8 Å². The predicted octanol–water partition coefficient (Wildman–Crippen LogP) is 3.13. The van der Waals surface area contributed by atoms with E-state index < -0.39 is 5.97 Å². The van der Waals surface area contributed by atoms with Crippen LogP contribution in [0.15, 0.2) is 36.4 Å². The van der Waals surface area contributed by atoms with Gasteiger partial charge in [0.15, 0.2) is 0 Å². The van der Waals surface area contributed by atoms with Crippen LogP contribution in [0.2, 0.25) is 0 Å². The second-order valence-corrected chi connectivity index (χ2v) is 3.78. The number of carboxylic acid groups (broad SMARTS) is 1. The van der Waals surface area contributed by atoms with Crippen LogP contribution >= 0.6 is 11.6 Å². The molecule has 0 heterocycles. The Bertz CT molecular complexity index is 635. The third kappa shape index (κ3) is 2.58. The Morgan fingerprint density at radius 1 is 1.18 bits per heavy atom. The van der Waals surface area contributed by atoms with Crippen LogP contribution in [0.5, 0.6) is 0 Å². The van der Waals surface area contributed by atoms with Crippen molar-refractivity contribution in [1.82, 2.24) is 0 Å². The Hall–Kier alpha value is -1.98. The highest BCUT2D eigenvalue weighted by atomic mass is 35.5. The highest BCUT2D eigenvalue weighted by molar-refractivity contribution is 6.19. The first kappa shape index (κ1) is 11.5. The van der Waals surface area contributed by atoms with Gasteiger partial charge in [-0.25, -0.2) is 4.79 Å². The van der Waals surface area contributed by atoms with E-state index in [0.29, 0.717) is 5.88 Å². The number of hydrogen-bond donors (Lipinski definition) is 1. The molecule has 0 aromatic heterocycles. The number of rotatable bonds is 1. The molecule has 0 fully saturated rings. The van der Waals surface area contributed by atoms with E-state index >= 15 is 0 Å². The van der Waals surface area contributed by atoms with Crippen LogP contribution in [0.25, 0.3) is 10.8 Å². The molecule has 0 unspecified atom stereocenters. The van der Waals surface area contributed by atoms with Gasteiger partial charge in [-0.2, -0.15) is 0 Å². The molecule has 2 nitrogen and oxygen atoms in total. The van der Waals surface area contributed by atoms with Crippen LogP contribution < -0.4 is 0 Å². The highest BCUT2D eigenvalue weighted by Gasteiger charge is 2.03. The summed E-state index contributed by atoms with van der Waals surface area (Å²) in [6, 6.07) is 10.7. The summed E-state index contributed by atoms with van der Waals surface area (Å²) in [6.45, 7) is 0. The van der Waals surface area contributed by atoms with Gasteiger partial charge in [0, 0.05) is 5.56 Å². The number of carboxylic acids is 1. The van der Waals surface area contributed by atoms with Crippen LogP contribution in [0.1, 0.15) is 15.9 Å². The Labute approximate surface area is 104 Å². The molecule has 0 radical (unpaired) electrons. The summed E-state index contributed by atoms with van der Waals surface area (Å²) < 4.78 is 0. The largest absolute Gasteiger partial charge is 0.478 e. The van der Waals surface area contributed by atoms with E-state index in [9.17, 15) is 4.79 Å². The summed E-state index contributed by atoms with van der Waals surface area (Å²) in [4.78, 5) is 10.8. The molecule has 0 spiro atoms. The topological polar surface area (TPSA) is 37.3 Å². The van der Waals surface area contributed by atoms with Gasteiger partial charge in [0.2, 0.25) is 0 Å². The molecule has 0 bridgehead atoms. The smallest absolute Gasteiger partial charge is 0.335 e. The van der Waals surface area contributed by atoms with Gasteiger partial charge in [-0.3, -0.25) is 0 Å². The summed E-state index contributed by atoms with van der Waals surface area (Å²) in [7, 11) is 0. The fourth-order valence-corrected chi connectivity index (χ4v) is 1.66. The standard InChI is InChI=1S/C14H9ClO2/c15-7-1-2-10-3-4-12-9-13(14(16)17)6-5-11(12)8-10/h3-6,8-9H,7H2,(H,16,17). The first-order valence-corrected chi connectivity index (χ1v) is 5.56. The van der Waals surface area contributed by atoms with Gasteiger partial charge >= 0.3 is 5.97 Å². The zero-order valence-corrected chi connectivity index (χ0v) is 9.66. The summed E-state index contributed by atoms with van der Waals surface area (Å²) in [5.41, 5.74) is 1.17.